The zero-order chi connectivity index (χ0) is 9.84. The first kappa shape index (κ1) is 9.37. The molecule has 6 heteroatoms. The van der Waals surface area contributed by atoms with Crippen LogP contribution in [0.4, 0.5) is 11.5 Å². The summed E-state index contributed by atoms with van der Waals surface area (Å²) >= 11 is 0. The molecule has 6 nitrogen and oxygen atoms in total. The van der Waals surface area contributed by atoms with Gasteiger partial charge in [-0.05, 0) is 6.42 Å². The number of nitrogen functional groups attached to an aromatic ring is 2. The van der Waals surface area contributed by atoms with E-state index in [1.54, 1.807) is 0 Å². The smallest absolute Gasteiger partial charge is 0.303 e. The van der Waals surface area contributed by atoms with Gasteiger partial charge in [0.1, 0.15) is 5.82 Å². The molecule has 0 aliphatic rings. The highest BCUT2D eigenvalue weighted by atomic mass is 16.4. The Bertz CT molecular complexity index is 307. The molecule has 13 heavy (non-hydrogen) atoms. The molecular formula is C7H12N4O2. The van der Waals surface area contributed by atoms with Crippen LogP contribution in [0.1, 0.15) is 12.8 Å². The highest BCUT2D eigenvalue weighted by Crippen LogP contribution is 2.12. The monoisotopic (exact) mass is 184 g/mol. The van der Waals surface area contributed by atoms with Gasteiger partial charge >= 0.3 is 5.97 Å². The molecule has 1 rings (SSSR count). The molecule has 0 unspecified atom stereocenters. The van der Waals surface area contributed by atoms with E-state index in [2.05, 4.69) is 5.10 Å². The number of nitrogens with two attached hydrogens (primary N) is 2. The predicted molar refractivity (Wildman–Crippen MR) is 47.9 cm³/mol. The van der Waals surface area contributed by atoms with Crippen molar-refractivity contribution in [3.63, 3.8) is 0 Å². The number of hydrogen-bond acceptors (Lipinski definition) is 4. The fourth-order valence-corrected chi connectivity index (χ4v) is 0.967. The van der Waals surface area contributed by atoms with Crippen LogP contribution in [0.15, 0.2) is 6.20 Å². The SMILES string of the molecule is Nc1cnn(CCCC(=O)O)c1N. The minimum absolute atomic E-state index is 0.110. The van der Waals surface area contributed by atoms with Gasteiger partial charge in [0.05, 0.1) is 11.9 Å². The summed E-state index contributed by atoms with van der Waals surface area (Å²) in [6.45, 7) is 0.481. The Hall–Kier alpha value is -1.72. The molecule has 0 fully saturated rings. The first-order valence-corrected chi connectivity index (χ1v) is 3.90. The van der Waals surface area contributed by atoms with Crippen LogP contribution >= 0.6 is 0 Å². The van der Waals surface area contributed by atoms with E-state index in [4.69, 9.17) is 16.6 Å². The summed E-state index contributed by atoms with van der Waals surface area (Å²) in [6, 6.07) is 0. The van der Waals surface area contributed by atoms with Gasteiger partial charge in [-0.25, -0.2) is 4.68 Å². The standard InChI is InChI=1S/C7H12N4O2/c8-5-4-10-11(7(5)9)3-1-2-6(12)13/h4H,1-3,8-9H2,(H,12,13). The first-order valence-electron chi connectivity index (χ1n) is 3.90. The number of aliphatic carboxylic acids is 1. The topological polar surface area (TPSA) is 107 Å². The summed E-state index contributed by atoms with van der Waals surface area (Å²) < 4.78 is 1.50. The largest absolute Gasteiger partial charge is 0.481 e. The van der Waals surface area contributed by atoms with Gasteiger partial charge in [-0.2, -0.15) is 5.10 Å². The number of nitrogens with zero attached hydrogens (tertiary/aromatic N) is 2. The number of rotatable bonds is 4. The lowest BCUT2D eigenvalue weighted by atomic mass is 10.3. The lowest BCUT2D eigenvalue weighted by molar-refractivity contribution is -0.137. The summed E-state index contributed by atoms with van der Waals surface area (Å²) in [6.07, 6.45) is 2.07. The lowest BCUT2D eigenvalue weighted by Gasteiger charge is -2.01. The Labute approximate surface area is 75.1 Å². The highest BCUT2D eigenvalue weighted by Gasteiger charge is 2.04. The quantitative estimate of drug-likeness (QED) is 0.606. The lowest BCUT2D eigenvalue weighted by Crippen LogP contribution is -2.07. The molecule has 0 atom stereocenters. The third kappa shape index (κ3) is 2.36. The highest BCUT2D eigenvalue weighted by molar-refractivity contribution is 5.66. The molecule has 0 aliphatic heterocycles. The molecule has 0 aromatic carbocycles. The van der Waals surface area contributed by atoms with Gasteiger partial charge in [0, 0.05) is 13.0 Å². The Kier molecular flexibility index (Phi) is 2.73. The summed E-state index contributed by atoms with van der Waals surface area (Å²) in [4.78, 5) is 10.2. The molecule has 0 spiro atoms. The van der Waals surface area contributed by atoms with Crippen LogP contribution in [0.3, 0.4) is 0 Å². The fraction of sp³-hybridized carbons (Fsp3) is 0.429. The maximum atomic E-state index is 10.2. The van der Waals surface area contributed by atoms with Gasteiger partial charge in [0.15, 0.2) is 0 Å². The zero-order valence-electron chi connectivity index (χ0n) is 7.10. The van der Waals surface area contributed by atoms with E-state index in [-0.39, 0.29) is 6.42 Å². The Balaban J connectivity index is 2.45. The van der Waals surface area contributed by atoms with E-state index in [0.29, 0.717) is 24.5 Å². The number of carbonyl (C=O) groups is 1. The zero-order valence-corrected chi connectivity index (χ0v) is 7.10. The van der Waals surface area contributed by atoms with E-state index in [9.17, 15) is 4.79 Å². The van der Waals surface area contributed by atoms with Crippen molar-refractivity contribution < 1.29 is 9.90 Å². The number of hydrogen-bond donors (Lipinski definition) is 3. The fourth-order valence-electron chi connectivity index (χ4n) is 0.967. The molecule has 72 valence electrons. The molecule has 0 saturated carbocycles. The molecule has 1 aromatic heterocycles. The van der Waals surface area contributed by atoms with Crippen molar-refractivity contribution in [3.05, 3.63) is 6.20 Å². The number of carboxylic acids is 1. The minimum Gasteiger partial charge on any atom is -0.481 e. The van der Waals surface area contributed by atoms with Crippen LogP contribution in [0.2, 0.25) is 0 Å². The van der Waals surface area contributed by atoms with Gasteiger partial charge in [-0.15, -0.1) is 0 Å². The maximum absolute atomic E-state index is 10.2. The van der Waals surface area contributed by atoms with Crippen molar-refractivity contribution in [1.29, 1.82) is 0 Å². The Morgan fingerprint density at radius 3 is 2.77 bits per heavy atom. The Morgan fingerprint density at radius 2 is 2.31 bits per heavy atom. The molecule has 0 bridgehead atoms. The van der Waals surface area contributed by atoms with Crippen LogP contribution in [0.5, 0.6) is 0 Å². The van der Waals surface area contributed by atoms with Crippen LogP contribution in [0, 0.1) is 0 Å². The summed E-state index contributed by atoms with van der Waals surface area (Å²) in [5.74, 6) is -0.427. The van der Waals surface area contributed by atoms with Crippen molar-refractivity contribution in [2.45, 2.75) is 19.4 Å². The minimum atomic E-state index is -0.821. The molecule has 0 aliphatic carbocycles. The second kappa shape index (κ2) is 3.79. The van der Waals surface area contributed by atoms with Crippen LogP contribution in [0.25, 0.3) is 0 Å². The van der Waals surface area contributed by atoms with Crippen LogP contribution in [-0.4, -0.2) is 20.9 Å². The average Bonchev–Trinajstić information content (AvgIpc) is 2.35. The number of anilines is 2. The predicted octanol–water partition coefficient (Wildman–Crippen LogP) is -0.0877. The molecule has 0 radical (unpaired) electrons. The molecular weight excluding hydrogens is 172 g/mol. The molecule has 1 aromatic rings. The third-order valence-electron chi connectivity index (χ3n) is 1.67. The van der Waals surface area contributed by atoms with Crippen LogP contribution < -0.4 is 11.5 Å². The molecule has 1 heterocycles. The molecule has 5 N–H and O–H groups in total. The number of aryl methyl sites for hydroxylation is 1. The van der Waals surface area contributed by atoms with E-state index in [0.717, 1.165) is 0 Å². The summed E-state index contributed by atoms with van der Waals surface area (Å²) in [5.41, 5.74) is 11.4. The average molecular weight is 184 g/mol. The van der Waals surface area contributed by atoms with E-state index >= 15 is 0 Å². The second-order valence-corrected chi connectivity index (χ2v) is 2.71. The number of aromatic nitrogens is 2. The van der Waals surface area contributed by atoms with E-state index in [1.807, 2.05) is 0 Å². The van der Waals surface area contributed by atoms with Gasteiger partial charge in [0.2, 0.25) is 0 Å². The maximum Gasteiger partial charge on any atom is 0.303 e. The normalized spacial score (nSPS) is 10.2. The molecule has 0 saturated heterocycles. The second-order valence-electron chi connectivity index (χ2n) is 2.71. The van der Waals surface area contributed by atoms with Crippen molar-refractivity contribution in [2.24, 2.45) is 0 Å². The summed E-state index contributed by atoms with van der Waals surface area (Å²) in [7, 11) is 0. The van der Waals surface area contributed by atoms with Gasteiger partial charge < -0.3 is 16.6 Å². The van der Waals surface area contributed by atoms with Crippen LogP contribution in [-0.2, 0) is 11.3 Å². The Morgan fingerprint density at radius 1 is 1.62 bits per heavy atom. The van der Waals surface area contributed by atoms with Gasteiger partial charge in [-0.1, -0.05) is 0 Å². The molecule has 0 amide bonds. The van der Waals surface area contributed by atoms with Gasteiger partial charge in [-0.3, -0.25) is 4.79 Å². The number of carboxylic acid groups (broad SMARTS) is 1. The summed E-state index contributed by atoms with van der Waals surface area (Å²) in [5, 5.41) is 12.3. The van der Waals surface area contributed by atoms with Crippen molar-refractivity contribution >= 4 is 17.5 Å². The van der Waals surface area contributed by atoms with Crippen molar-refractivity contribution in [3.8, 4) is 0 Å². The van der Waals surface area contributed by atoms with Crippen molar-refractivity contribution in [2.75, 3.05) is 11.5 Å². The van der Waals surface area contributed by atoms with Crippen molar-refractivity contribution in [1.82, 2.24) is 9.78 Å². The first-order chi connectivity index (χ1) is 6.11. The van der Waals surface area contributed by atoms with E-state index in [1.165, 1.54) is 10.9 Å². The van der Waals surface area contributed by atoms with Gasteiger partial charge in [0.25, 0.3) is 0 Å². The third-order valence-corrected chi connectivity index (χ3v) is 1.67. The van der Waals surface area contributed by atoms with E-state index < -0.39 is 5.97 Å².